The molecule has 0 spiro atoms. The van der Waals surface area contributed by atoms with Gasteiger partial charge in [0.25, 0.3) is 0 Å². The fourth-order valence-electron chi connectivity index (χ4n) is 1.44. The van der Waals surface area contributed by atoms with E-state index in [2.05, 4.69) is 26.2 Å². The summed E-state index contributed by atoms with van der Waals surface area (Å²) in [6.45, 7) is 1.99. The molecular formula is C12H12BrN3OS. The molecule has 0 aliphatic carbocycles. The molecule has 1 aromatic heterocycles. The number of nitrogens with zero attached hydrogens (tertiary/aromatic N) is 1. The van der Waals surface area contributed by atoms with E-state index in [1.807, 2.05) is 25.1 Å². The summed E-state index contributed by atoms with van der Waals surface area (Å²) in [7, 11) is 0. The number of nitrogens with one attached hydrogen (secondary N) is 1. The van der Waals surface area contributed by atoms with Crippen LogP contribution in [0, 0.1) is 6.92 Å². The van der Waals surface area contributed by atoms with Crippen LogP contribution >= 0.6 is 27.3 Å². The Morgan fingerprint density at radius 2 is 2.33 bits per heavy atom. The van der Waals surface area contributed by atoms with Gasteiger partial charge in [-0.15, -0.1) is 11.3 Å². The summed E-state index contributed by atoms with van der Waals surface area (Å²) in [5.74, 6) is -0.101. The lowest BCUT2D eigenvalue weighted by Crippen LogP contribution is -2.14. The Kier molecular flexibility index (Phi) is 3.98. The van der Waals surface area contributed by atoms with Gasteiger partial charge in [-0.2, -0.15) is 0 Å². The van der Waals surface area contributed by atoms with Crippen molar-refractivity contribution in [1.82, 2.24) is 4.98 Å². The molecule has 0 saturated heterocycles. The van der Waals surface area contributed by atoms with Crippen molar-refractivity contribution in [3.63, 3.8) is 0 Å². The minimum Gasteiger partial charge on any atom is -0.375 e. The first-order valence-corrected chi connectivity index (χ1v) is 6.98. The van der Waals surface area contributed by atoms with E-state index in [1.165, 1.54) is 11.3 Å². The highest BCUT2D eigenvalue weighted by atomic mass is 79.9. The third-order valence-electron chi connectivity index (χ3n) is 2.37. The smallest absolute Gasteiger partial charge is 0.230 e. The molecule has 0 unspecified atom stereocenters. The molecule has 1 amide bonds. The minimum absolute atomic E-state index is 0.101. The first-order chi connectivity index (χ1) is 8.54. The molecule has 0 saturated carbocycles. The molecule has 0 aliphatic heterocycles. The highest BCUT2D eigenvalue weighted by Crippen LogP contribution is 2.21. The molecule has 6 heteroatoms. The van der Waals surface area contributed by atoms with Crippen molar-refractivity contribution in [1.29, 1.82) is 0 Å². The summed E-state index contributed by atoms with van der Waals surface area (Å²) in [5, 5.41) is 5.10. The quantitative estimate of drug-likeness (QED) is 0.911. The Morgan fingerprint density at radius 1 is 1.56 bits per heavy atom. The number of aromatic nitrogens is 1. The number of nitrogens with two attached hydrogens (primary N) is 1. The molecule has 3 N–H and O–H groups in total. The van der Waals surface area contributed by atoms with Crippen LogP contribution in [0.15, 0.2) is 28.1 Å². The van der Waals surface area contributed by atoms with E-state index in [9.17, 15) is 4.79 Å². The second-order valence-corrected chi connectivity index (χ2v) is 5.61. The second-order valence-electron chi connectivity index (χ2n) is 3.87. The van der Waals surface area contributed by atoms with Gasteiger partial charge in [-0.25, -0.2) is 4.98 Å². The minimum atomic E-state index is -0.101. The Bertz CT molecular complexity index is 582. The highest BCUT2D eigenvalue weighted by Gasteiger charge is 2.07. The van der Waals surface area contributed by atoms with Gasteiger partial charge in [0.15, 0.2) is 5.13 Å². The molecule has 94 valence electrons. The third-order valence-corrected chi connectivity index (χ3v) is 3.94. The predicted octanol–water partition coefficient (Wildman–Crippen LogP) is 2.98. The lowest BCUT2D eigenvalue weighted by molar-refractivity contribution is -0.115. The molecule has 0 bridgehead atoms. The number of aryl methyl sites for hydroxylation is 1. The molecule has 2 rings (SSSR count). The second kappa shape index (κ2) is 5.49. The lowest BCUT2D eigenvalue weighted by Gasteiger charge is -2.06. The van der Waals surface area contributed by atoms with Crippen LogP contribution in [0.5, 0.6) is 0 Å². The maximum atomic E-state index is 11.8. The molecule has 1 heterocycles. The zero-order chi connectivity index (χ0) is 13.1. The number of hydrogen-bond donors (Lipinski definition) is 2. The molecule has 2 aromatic rings. The average Bonchev–Trinajstić information content (AvgIpc) is 2.69. The molecule has 0 aliphatic rings. The van der Waals surface area contributed by atoms with Crippen molar-refractivity contribution in [2.75, 3.05) is 11.1 Å². The SMILES string of the molecule is Cc1ccc(NC(=O)Cc2csc(N)n2)cc1Br. The van der Waals surface area contributed by atoms with E-state index in [-0.39, 0.29) is 12.3 Å². The molecule has 0 radical (unpaired) electrons. The molecular weight excluding hydrogens is 314 g/mol. The van der Waals surface area contributed by atoms with E-state index < -0.39 is 0 Å². The molecule has 1 aromatic carbocycles. The largest absolute Gasteiger partial charge is 0.375 e. The monoisotopic (exact) mass is 325 g/mol. The van der Waals surface area contributed by atoms with Crippen molar-refractivity contribution in [2.45, 2.75) is 13.3 Å². The van der Waals surface area contributed by atoms with E-state index in [4.69, 9.17) is 5.73 Å². The molecule has 4 nitrogen and oxygen atoms in total. The fraction of sp³-hybridized carbons (Fsp3) is 0.167. The zero-order valence-corrected chi connectivity index (χ0v) is 12.1. The topological polar surface area (TPSA) is 68.0 Å². The van der Waals surface area contributed by atoms with Crippen molar-refractivity contribution >= 4 is 44.0 Å². The van der Waals surface area contributed by atoms with Crippen LogP contribution in [0.3, 0.4) is 0 Å². The average molecular weight is 326 g/mol. The van der Waals surface area contributed by atoms with Crippen molar-refractivity contribution in [3.05, 3.63) is 39.3 Å². The number of anilines is 2. The summed E-state index contributed by atoms with van der Waals surface area (Å²) in [4.78, 5) is 15.8. The first kappa shape index (κ1) is 13.0. The number of carbonyl (C=O) groups is 1. The molecule has 0 atom stereocenters. The molecule has 0 fully saturated rings. The number of hydrogen-bond acceptors (Lipinski definition) is 4. The van der Waals surface area contributed by atoms with Gasteiger partial charge in [0.1, 0.15) is 0 Å². The summed E-state index contributed by atoms with van der Waals surface area (Å²) in [6, 6.07) is 5.69. The van der Waals surface area contributed by atoms with Crippen LogP contribution in [0.1, 0.15) is 11.3 Å². The summed E-state index contributed by atoms with van der Waals surface area (Å²) in [5.41, 5.74) is 8.10. The van der Waals surface area contributed by atoms with Gasteiger partial charge in [0.05, 0.1) is 12.1 Å². The Labute approximate surface area is 117 Å². The Balaban J connectivity index is 2.00. The number of thiazole rings is 1. The predicted molar refractivity (Wildman–Crippen MR) is 77.7 cm³/mol. The maximum absolute atomic E-state index is 11.8. The van der Waals surface area contributed by atoms with Crippen LogP contribution < -0.4 is 11.1 Å². The van der Waals surface area contributed by atoms with Crippen LogP contribution in [-0.4, -0.2) is 10.9 Å². The summed E-state index contributed by atoms with van der Waals surface area (Å²) < 4.78 is 0.971. The number of halogens is 1. The van der Waals surface area contributed by atoms with Crippen molar-refractivity contribution < 1.29 is 4.79 Å². The highest BCUT2D eigenvalue weighted by molar-refractivity contribution is 9.10. The van der Waals surface area contributed by atoms with Gasteiger partial charge in [-0.3, -0.25) is 4.79 Å². The van der Waals surface area contributed by atoms with Gasteiger partial charge in [-0.1, -0.05) is 22.0 Å². The maximum Gasteiger partial charge on any atom is 0.230 e. The summed E-state index contributed by atoms with van der Waals surface area (Å²) >= 11 is 4.76. The van der Waals surface area contributed by atoms with Crippen molar-refractivity contribution in [3.8, 4) is 0 Å². The lowest BCUT2D eigenvalue weighted by atomic mass is 10.2. The summed E-state index contributed by atoms with van der Waals surface area (Å²) in [6.07, 6.45) is 0.235. The van der Waals surface area contributed by atoms with E-state index in [0.717, 1.165) is 15.7 Å². The number of rotatable bonds is 3. The number of benzene rings is 1. The molecule has 18 heavy (non-hydrogen) atoms. The van der Waals surface area contributed by atoms with Gasteiger partial charge < -0.3 is 11.1 Å². The van der Waals surface area contributed by atoms with E-state index >= 15 is 0 Å². The van der Waals surface area contributed by atoms with E-state index in [1.54, 1.807) is 5.38 Å². The van der Waals surface area contributed by atoms with Gasteiger partial charge in [-0.05, 0) is 24.6 Å². The van der Waals surface area contributed by atoms with Crippen LogP contribution in [0.25, 0.3) is 0 Å². The Hall–Kier alpha value is -1.40. The normalized spacial score (nSPS) is 10.3. The van der Waals surface area contributed by atoms with Crippen molar-refractivity contribution in [2.24, 2.45) is 0 Å². The third kappa shape index (κ3) is 3.30. The van der Waals surface area contributed by atoms with Crippen LogP contribution in [0.2, 0.25) is 0 Å². The standard InChI is InChI=1S/C12H12BrN3OS/c1-7-2-3-8(4-10(7)13)15-11(17)5-9-6-18-12(14)16-9/h2-4,6H,5H2,1H3,(H2,14,16)(H,15,17). The fourth-order valence-corrected chi connectivity index (χ4v) is 2.39. The number of carbonyl (C=O) groups excluding carboxylic acids is 1. The number of nitrogen functional groups attached to an aromatic ring is 1. The van der Waals surface area contributed by atoms with Crippen LogP contribution in [0.4, 0.5) is 10.8 Å². The first-order valence-electron chi connectivity index (χ1n) is 5.30. The van der Waals surface area contributed by atoms with Gasteiger partial charge in [0, 0.05) is 15.5 Å². The number of amides is 1. The van der Waals surface area contributed by atoms with Crippen LogP contribution in [-0.2, 0) is 11.2 Å². The van der Waals surface area contributed by atoms with Gasteiger partial charge in [0.2, 0.25) is 5.91 Å². The zero-order valence-electron chi connectivity index (χ0n) is 9.74. The van der Waals surface area contributed by atoms with Gasteiger partial charge >= 0.3 is 0 Å². The van der Waals surface area contributed by atoms with E-state index in [0.29, 0.717) is 10.8 Å². The Morgan fingerprint density at radius 3 is 2.94 bits per heavy atom.